The van der Waals surface area contributed by atoms with Gasteiger partial charge in [-0.15, -0.1) is 0 Å². The van der Waals surface area contributed by atoms with Crippen LogP contribution in [0.15, 0.2) is 24.3 Å². The summed E-state index contributed by atoms with van der Waals surface area (Å²) in [5.41, 5.74) is 7.94. The maximum atomic E-state index is 5.67. The van der Waals surface area contributed by atoms with E-state index in [9.17, 15) is 0 Å². The third kappa shape index (κ3) is 7.33. The van der Waals surface area contributed by atoms with E-state index in [1.54, 1.807) is 0 Å². The largest absolute Gasteiger partial charge is 0.399 e. The molecule has 0 radical (unpaired) electrons. The van der Waals surface area contributed by atoms with Crippen molar-refractivity contribution in [1.82, 2.24) is 4.90 Å². The first-order valence-electron chi connectivity index (χ1n) is 7.17. The highest BCUT2D eigenvalue weighted by atomic mass is 15.0. The molecule has 0 heterocycles. The summed E-state index contributed by atoms with van der Waals surface area (Å²) in [7, 11) is 4.29. The maximum Gasteiger partial charge on any atom is 0.0314 e. The predicted molar refractivity (Wildman–Crippen MR) is 80.8 cm³/mol. The van der Waals surface area contributed by atoms with Gasteiger partial charge in [-0.3, -0.25) is 0 Å². The molecule has 0 aliphatic carbocycles. The van der Waals surface area contributed by atoms with Gasteiger partial charge in [0.1, 0.15) is 0 Å². The van der Waals surface area contributed by atoms with E-state index in [0.717, 1.165) is 5.69 Å². The Bertz CT molecular complexity index is 303. The normalized spacial score (nSPS) is 11.1. The molecule has 0 spiro atoms. The van der Waals surface area contributed by atoms with Crippen molar-refractivity contribution in [3.8, 4) is 0 Å². The molecular formula is C16H28N2. The number of anilines is 1. The molecule has 0 saturated heterocycles. The van der Waals surface area contributed by atoms with Crippen LogP contribution in [0.4, 0.5) is 5.69 Å². The van der Waals surface area contributed by atoms with Gasteiger partial charge < -0.3 is 10.6 Å². The fourth-order valence-corrected chi connectivity index (χ4v) is 2.15. The van der Waals surface area contributed by atoms with Gasteiger partial charge in [-0.25, -0.2) is 0 Å². The van der Waals surface area contributed by atoms with E-state index >= 15 is 0 Å². The van der Waals surface area contributed by atoms with E-state index in [4.69, 9.17) is 5.73 Å². The molecule has 2 heteroatoms. The van der Waals surface area contributed by atoms with E-state index in [1.165, 1.54) is 57.1 Å². The van der Waals surface area contributed by atoms with Crippen molar-refractivity contribution in [1.29, 1.82) is 0 Å². The van der Waals surface area contributed by atoms with Crippen LogP contribution >= 0.6 is 0 Å². The molecule has 0 aliphatic heterocycles. The Morgan fingerprint density at radius 1 is 0.833 bits per heavy atom. The van der Waals surface area contributed by atoms with Crippen molar-refractivity contribution in [2.24, 2.45) is 0 Å². The number of rotatable bonds is 9. The van der Waals surface area contributed by atoms with Crippen LogP contribution in [0, 0.1) is 0 Å². The molecule has 0 unspecified atom stereocenters. The molecule has 1 rings (SSSR count). The number of nitrogen functional groups attached to an aromatic ring is 1. The minimum absolute atomic E-state index is 0.861. The molecule has 0 atom stereocenters. The van der Waals surface area contributed by atoms with Crippen molar-refractivity contribution < 1.29 is 0 Å². The highest BCUT2D eigenvalue weighted by Crippen LogP contribution is 2.11. The quantitative estimate of drug-likeness (QED) is 0.533. The first-order valence-corrected chi connectivity index (χ1v) is 7.17. The van der Waals surface area contributed by atoms with Crippen molar-refractivity contribution in [3.63, 3.8) is 0 Å². The number of hydrogen-bond acceptors (Lipinski definition) is 2. The minimum atomic E-state index is 0.861. The molecule has 0 aliphatic rings. The van der Waals surface area contributed by atoms with Crippen LogP contribution in [-0.2, 0) is 6.42 Å². The Kier molecular flexibility index (Phi) is 7.51. The smallest absolute Gasteiger partial charge is 0.0314 e. The summed E-state index contributed by atoms with van der Waals surface area (Å²) < 4.78 is 0. The van der Waals surface area contributed by atoms with Crippen molar-refractivity contribution in [3.05, 3.63) is 29.8 Å². The van der Waals surface area contributed by atoms with E-state index < -0.39 is 0 Å². The molecule has 0 bridgehead atoms. The fraction of sp³-hybridized carbons (Fsp3) is 0.625. The van der Waals surface area contributed by atoms with Gasteiger partial charge in [-0.05, 0) is 57.6 Å². The minimum Gasteiger partial charge on any atom is -0.399 e. The van der Waals surface area contributed by atoms with E-state index in [1.807, 2.05) is 12.1 Å². The summed E-state index contributed by atoms with van der Waals surface area (Å²) in [5, 5.41) is 0. The van der Waals surface area contributed by atoms with Crippen LogP contribution in [0.1, 0.15) is 44.1 Å². The van der Waals surface area contributed by atoms with Gasteiger partial charge in [-0.2, -0.15) is 0 Å². The Labute approximate surface area is 112 Å². The van der Waals surface area contributed by atoms with Crippen LogP contribution < -0.4 is 5.73 Å². The van der Waals surface area contributed by atoms with Gasteiger partial charge in [0, 0.05) is 5.69 Å². The van der Waals surface area contributed by atoms with E-state index in [0.29, 0.717) is 0 Å². The first kappa shape index (κ1) is 15.0. The molecule has 0 aromatic heterocycles. The summed E-state index contributed by atoms with van der Waals surface area (Å²) in [6.07, 6.45) is 9.32. The number of benzene rings is 1. The lowest BCUT2D eigenvalue weighted by molar-refractivity contribution is 0.389. The van der Waals surface area contributed by atoms with Crippen LogP contribution in [0.2, 0.25) is 0 Å². The molecule has 0 amide bonds. The molecular weight excluding hydrogens is 220 g/mol. The summed E-state index contributed by atoms with van der Waals surface area (Å²) in [4.78, 5) is 2.26. The van der Waals surface area contributed by atoms with Crippen LogP contribution in [0.3, 0.4) is 0 Å². The van der Waals surface area contributed by atoms with Crippen LogP contribution in [0.25, 0.3) is 0 Å². The Hall–Kier alpha value is -1.02. The molecule has 18 heavy (non-hydrogen) atoms. The van der Waals surface area contributed by atoms with E-state index in [-0.39, 0.29) is 0 Å². The lowest BCUT2D eigenvalue weighted by Gasteiger charge is -2.08. The molecule has 1 aromatic rings. The SMILES string of the molecule is CN(C)CCCCCCCCc1ccc(N)cc1. The van der Waals surface area contributed by atoms with Crippen molar-refractivity contribution in [2.45, 2.75) is 44.9 Å². The monoisotopic (exact) mass is 248 g/mol. The molecule has 0 saturated carbocycles. The lowest BCUT2D eigenvalue weighted by Crippen LogP contribution is -2.12. The number of unbranched alkanes of at least 4 members (excludes halogenated alkanes) is 5. The number of nitrogens with zero attached hydrogens (tertiary/aromatic N) is 1. The average molecular weight is 248 g/mol. The number of hydrogen-bond donors (Lipinski definition) is 1. The zero-order chi connectivity index (χ0) is 13.2. The van der Waals surface area contributed by atoms with E-state index in [2.05, 4.69) is 31.1 Å². The van der Waals surface area contributed by atoms with Gasteiger partial charge >= 0.3 is 0 Å². The predicted octanol–water partition coefficient (Wildman–Crippen LogP) is 3.71. The highest BCUT2D eigenvalue weighted by molar-refractivity contribution is 5.39. The van der Waals surface area contributed by atoms with Crippen molar-refractivity contribution in [2.75, 3.05) is 26.4 Å². The van der Waals surface area contributed by atoms with Gasteiger partial charge in [0.05, 0.1) is 0 Å². The molecule has 1 aromatic carbocycles. The molecule has 2 N–H and O–H groups in total. The number of nitrogens with two attached hydrogens (primary N) is 1. The van der Waals surface area contributed by atoms with Crippen LogP contribution in [-0.4, -0.2) is 25.5 Å². The zero-order valence-corrected chi connectivity index (χ0v) is 12.0. The van der Waals surface area contributed by atoms with Crippen molar-refractivity contribution >= 4 is 5.69 Å². The second-order valence-corrected chi connectivity index (χ2v) is 5.42. The summed E-state index contributed by atoms with van der Waals surface area (Å²) >= 11 is 0. The summed E-state index contributed by atoms with van der Waals surface area (Å²) in [6, 6.07) is 8.28. The zero-order valence-electron chi connectivity index (χ0n) is 12.0. The lowest BCUT2D eigenvalue weighted by atomic mass is 10.0. The third-order valence-electron chi connectivity index (χ3n) is 3.30. The highest BCUT2D eigenvalue weighted by Gasteiger charge is 1.95. The second kappa shape index (κ2) is 8.98. The number of aryl methyl sites for hydroxylation is 1. The Balaban J connectivity index is 1.94. The summed E-state index contributed by atoms with van der Waals surface area (Å²) in [6.45, 7) is 1.23. The van der Waals surface area contributed by atoms with Gasteiger partial charge in [0.25, 0.3) is 0 Å². The van der Waals surface area contributed by atoms with Gasteiger partial charge in [-0.1, -0.05) is 37.8 Å². The molecule has 0 fully saturated rings. The molecule has 102 valence electrons. The fourth-order valence-electron chi connectivity index (χ4n) is 2.15. The summed E-state index contributed by atoms with van der Waals surface area (Å²) in [5.74, 6) is 0. The standard InChI is InChI=1S/C16H28N2/c1-18(2)14-8-6-4-3-5-7-9-15-10-12-16(17)13-11-15/h10-13H,3-9,14,17H2,1-2H3. The topological polar surface area (TPSA) is 29.3 Å². The Morgan fingerprint density at radius 3 is 2.00 bits per heavy atom. The second-order valence-electron chi connectivity index (χ2n) is 5.42. The molecule has 2 nitrogen and oxygen atoms in total. The van der Waals surface area contributed by atoms with Gasteiger partial charge in [0.2, 0.25) is 0 Å². The van der Waals surface area contributed by atoms with Gasteiger partial charge in [0.15, 0.2) is 0 Å². The maximum absolute atomic E-state index is 5.67. The van der Waals surface area contributed by atoms with Crippen LogP contribution in [0.5, 0.6) is 0 Å². The average Bonchev–Trinajstić information content (AvgIpc) is 2.34. The first-order chi connectivity index (χ1) is 8.68. The Morgan fingerprint density at radius 2 is 1.39 bits per heavy atom. The third-order valence-corrected chi connectivity index (χ3v) is 3.30.